The van der Waals surface area contributed by atoms with Crippen molar-refractivity contribution < 1.29 is 9.53 Å². The van der Waals surface area contributed by atoms with Crippen LogP contribution in [0, 0.1) is 28.6 Å². The Balaban J connectivity index is 1.23. The number of thiazole rings is 1. The van der Waals surface area contributed by atoms with Gasteiger partial charge in [-0.05, 0) is 80.7 Å². The Bertz CT molecular complexity index is 1010. The number of anilines is 1. The van der Waals surface area contributed by atoms with E-state index in [-0.39, 0.29) is 22.9 Å². The molecule has 2 saturated carbocycles. The summed E-state index contributed by atoms with van der Waals surface area (Å²) in [5.41, 5.74) is 6.91. The lowest BCUT2D eigenvalue weighted by molar-refractivity contribution is -0.158. The third-order valence-corrected chi connectivity index (χ3v) is 11.6. The number of hydrazine groups is 1. The van der Waals surface area contributed by atoms with E-state index in [9.17, 15) is 4.79 Å². The first-order valence-electron chi connectivity index (χ1n) is 13.9. The number of likely N-dealkylation sites (N-methyl/N-ethyl adjacent to an activating group) is 1. The molecule has 0 amide bonds. The zero-order chi connectivity index (χ0) is 24.4. The first-order chi connectivity index (χ1) is 16.8. The van der Waals surface area contributed by atoms with Crippen molar-refractivity contribution in [2.45, 2.75) is 78.2 Å². The van der Waals surface area contributed by atoms with Gasteiger partial charge in [-0.2, -0.15) is 0 Å². The summed E-state index contributed by atoms with van der Waals surface area (Å²) in [5.74, 6) is 2.08. The van der Waals surface area contributed by atoms with Gasteiger partial charge in [-0.15, -0.1) is 0 Å². The van der Waals surface area contributed by atoms with E-state index in [2.05, 4.69) is 42.3 Å². The lowest BCUT2D eigenvalue weighted by Gasteiger charge is -2.56. The molecule has 2 heterocycles. The highest BCUT2D eigenvalue weighted by molar-refractivity contribution is 7.16. The van der Waals surface area contributed by atoms with Gasteiger partial charge in [0.05, 0.1) is 10.6 Å². The highest BCUT2D eigenvalue weighted by atomic mass is 32.1. The number of carbonyl (C=O) groups is 1. The van der Waals surface area contributed by atoms with E-state index >= 15 is 0 Å². The van der Waals surface area contributed by atoms with Crippen molar-refractivity contribution in [2.24, 2.45) is 28.6 Å². The van der Waals surface area contributed by atoms with Crippen molar-refractivity contribution in [3.63, 3.8) is 0 Å². The molecule has 1 N–H and O–H groups in total. The molecule has 1 saturated heterocycles. The Hall–Kier alpha value is -1.44. The van der Waals surface area contributed by atoms with Gasteiger partial charge in [0.25, 0.3) is 0 Å². The van der Waals surface area contributed by atoms with Crippen molar-refractivity contribution in [1.82, 2.24) is 14.9 Å². The predicted octanol–water partition coefficient (Wildman–Crippen LogP) is 5.22. The van der Waals surface area contributed by atoms with Crippen LogP contribution in [0.4, 0.5) is 5.13 Å². The Kier molecular flexibility index (Phi) is 6.05. The average Bonchev–Trinajstić information content (AvgIpc) is 3.40. The van der Waals surface area contributed by atoms with Gasteiger partial charge in [-0.3, -0.25) is 10.2 Å². The molecule has 1 aromatic rings. The minimum absolute atomic E-state index is 0.0252. The maximum Gasteiger partial charge on any atom is 0.305 e. The molecule has 0 spiro atoms. The fraction of sp³-hybridized carbons (Fsp3) is 0.786. The maximum atomic E-state index is 12.1. The number of aromatic nitrogens is 1. The topological polar surface area (TPSA) is 57.7 Å². The molecule has 6 atom stereocenters. The van der Waals surface area contributed by atoms with E-state index in [0.29, 0.717) is 18.3 Å². The molecular formula is C28H42N4O2S. The quantitative estimate of drug-likeness (QED) is 0.575. The van der Waals surface area contributed by atoms with Crippen molar-refractivity contribution >= 4 is 28.0 Å². The summed E-state index contributed by atoms with van der Waals surface area (Å²) >= 11 is 1.88. The van der Waals surface area contributed by atoms with Crippen LogP contribution in [-0.2, 0) is 16.0 Å². The average molecular weight is 499 g/mol. The van der Waals surface area contributed by atoms with Gasteiger partial charge in [-0.1, -0.05) is 38.2 Å². The van der Waals surface area contributed by atoms with Gasteiger partial charge in [0, 0.05) is 38.0 Å². The summed E-state index contributed by atoms with van der Waals surface area (Å²) in [4.78, 5) is 21.0. The highest BCUT2D eigenvalue weighted by Crippen LogP contribution is 2.66. The monoisotopic (exact) mass is 498 g/mol. The third-order valence-electron chi connectivity index (χ3n) is 10.5. The number of piperazine rings is 1. The number of nitrogens with one attached hydrogen (secondary N) is 1. The van der Waals surface area contributed by atoms with Crippen LogP contribution in [-0.4, -0.2) is 60.2 Å². The lowest BCUT2D eigenvalue weighted by Crippen LogP contribution is -2.50. The van der Waals surface area contributed by atoms with Gasteiger partial charge in [0.15, 0.2) is 5.13 Å². The van der Waals surface area contributed by atoms with Crippen LogP contribution in [0.5, 0.6) is 0 Å². The first kappa shape index (κ1) is 23.9. The molecular weight excluding hydrogens is 456 g/mol. The summed E-state index contributed by atoms with van der Waals surface area (Å²) < 4.78 is 5.99. The first-order valence-corrected chi connectivity index (χ1v) is 14.7. The zero-order valence-electron chi connectivity index (χ0n) is 21.9. The smallest absolute Gasteiger partial charge is 0.305 e. The van der Waals surface area contributed by atoms with E-state index < -0.39 is 0 Å². The summed E-state index contributed by atoms with van der Waals surface area (Å²) in [5, 5.41) is 3.40. The maximum absolute atomic E-state index is 12.1. The van der Waals surface area contributed by atoms with Crippen LogP contribution in [0.3, 0.4) is 0 Å². The van der Waals surface area contributed by atoms with E-state index in [4.69, 9.17) is 9.72 Å². The number of esters is 1. The molecule has 0 unspecified atom stereocenters. The minimum Gasteiger partial charge on any atom is -0.462 e. The molecule has 1 aliphatic heterocycles. The number of nitrogens with zero attached hydrogens (tertiary/aromatic N) is 3. The molecule has 0 aromatic carbocycles. The number of carbonyl (C=O) groups excluding carboxylic acids is 1. The second kappa shape index (κ2) is 8.84. The fourth-order valence-electron chi connectivity index (χ4n) is 8.36. The number of rotatable bonds is 4. The van der Waals surface area contributed by atoms with Crippen molar-refractivity contribution in [1.29, 1.82) is 0 Å². The number of fused-ring (bicyclic) bond motifs is 7. The Labute approximate surface area is 214 Å². The standard InChI is InChI=1S/C28H42N4O2S/c1-5-24(33)34-23-9-8-19-18-6-7-21-25-22(11-13-27(21,2)20(18)10-12-28(19,23)3)29-26(35-25)30-32-16-14-31(4)15-17-32/h7,18-20,23H,5-6,8-17H2,1-4H3,(H,29,30)/t18-,19-,20-,23-,27+,28-/m0/s1. The van der Waals surface area contributed by atoms with Crippen LogP contribution in [0.15, 0.2) is 6.08 Å². The molecule has 6 nitrogen and oxygen atoms in total. The van der Waals surface area contributed by atoms with Crippen LogP contribution < -0.4 is 5.43 Å². The molecule has 0 radical (unpaired) electrons. The summed E-state index contributed by atoms with van der Waals surface area (Å²) in [6, 6.07) is 0. The minimum atomic E-state index is -0.0252. The van der Waals surface area contributed by atoms with Gasteiger partial charge < -0.3 is 9.64 Å². The van der Waals surface area contributed by atoms with E-state index in [1.54, 1.807) is 5.57 Å². The number of hydrogen-bond acceptors (Lipinski definition) is 7. The number of aryl methyl sites for hydroxylation is 1. The number of allylic oxidation sites excluding steroid dienone is 2. The zero-order valence-corrected chi connectivity index (χ0v) is 22.8. The summed E-state index contributed by atoms with van der Waals surface area (Å²) in [6.45, 7) is 11.2. The molecule has 6 rings (SSSR count). The van der Waals surface area contributed by atoms with Gasteiger partial charge in [0.2, 0.25) is 0 Å². The summed E-state index contributed by atoms with van der Waals surface area (Å²) in [7, 11) is 2.19. The summed E-state index contributed by atoms with van der Waals surface area (Å²) in [6.07, 6.45) is 11.4. The van der Waals surface area contributed by atoms with Gasteiger partial charge in [-0.25, -0.2) is 9.99 Å². The Morgan fingerprint density at radius 3 is 2.74 bits per heavy atom. The molecule has 7 heteroatoms. The van der Waals surface area contributed by atoms with Crippen LogP contribution in [0.1, 0.15) is 76.3 Å². The normalized spacial score (nSPS) is 39.1. The molecule has 1 aromatic heterocycles. The van der Waals surface area contributed by atoms with E-state index in [1.165, 1.54) is 42.7 Å². The molecule has 192 valence electrons. The van der Waals surface area contributed by atoms with Crippen LogP contribution in [0.2, 0.25) is 0 Å². The van der Waals surface area contributed by atoms with Crippen LogP contribution >= 0.6 is 11.3 Å². The van der Waals surface area contributed by atoms with Crippen molar-refractivity contribution in [2.75, 3.05) is 38.7 Å². The van der Waals surface area contributed by atoms with Crippen LogP contribution in [0.25, 0.3) is 5.57 Å². The SMILES string of the molecule is CCC(=O)O[C@H]1CC[C@H]2[C@@H]3CC=C4c5sc(NN6CCN(C)CC6)nc5CC[C@]4(C)[C@H]3CC[C@]12C. The Morgan fingerprint density at radius 1 is 1.17 bits per heavy atom. The second-order valence-electron chi connectivity index (χ2n) is 12.3. The molecule has 0 bridgehead atoms. The van der Waals surface area contributed by atoms with Crippen molar-refractivity contribution in [3.05, 3.63) is 16.6 Å². The number of ether oxygens (including phenoxy) is 1. The second-order valence-corrected chi connectivity index (χ2v) is 13.3. The molecule has 5 aliphatic rings. The molecule has 35 heavy (non-hydrogen) atoms. The fourth-order valence-corrected chi connectivity index (χ4v) is 9.58. The van der Waals surface area contributed by atoms with Crippen molar-refractivity contribution in [3.8, 4) is 0 Å². The predicted molar refractivity (Wildman–Crippen MR) is 141 cm³/mol. The highest BCUT2D eigenvalue weighted by Gasteiger charge is 2.60. The third kappa shape index (κ3) is 3.88. The molecule has 3 fully saturated rings. The van der Waals surface area contributed by atoms with Gasteiger partial charge in [0.1, 0.15) is 6.10 Å². The van der Waals surface area contributed by atoms with Gasteiger partial charge >= 0.3 is 5.97 Å². The largest absolute Gasteiger partial charge is 0.462 e. The van der Waals surface area contributed by atoms with E-state index in [0.717, 1.165) is 50.1 Å². The van der Waals surface area contributed by atoms with E-state index in [1.807, 2.05) is 18.3 Å². The Morgan fingerprint density at radius 2 is 1.97 bits per heavy atom. The number of hydrogen-bond donors (Lipinski definition) is 1. The molecule has 4 aliphatic carbocycles. The lowest BCUT2D eigenvalue weighted by atomic mass is 9.48.